The minimum atomic E-state index is 0.0216. The quantitative estimate of drug-likeness (QED) is 0.580. The van der Waals surface area contributed by atoms with Gasteiger partial charge in [-0.2, -0.15) is 12.6 Å². The zero-order chi connectivity index (χ0) is 10.4. The number of hydrogen-bond acceptors (Lipinski definition) is 3. The van der Waals surface area contributed by atoms with Crippen molar-refractivity contribution in [1.82, 2.24) is 0 Å². The van der Waals surface area contributed by atoms with Gasteiger partial charge in [0, 0.05) is 12.4 Å². The van der Waals surface area contributed by atoms with E-state index < -0.39 is 0 Å². The van der Waals surface area contributed by atoms with E-state index in [9.17, 15) is 0 Å². The Hall–Kier alpha value is -0.120. The van der Waals surface area contributed by atoms with Crippen molar-refractivity contribution < 1.29 is 4.74 Å². The summed E-state index contributed by atoms with van der Waals surface area (Å²) >= 11 is 8.80. The van der Waals surface area contributed by atoms with E-state index in [0.29, 0.717) is 0 Å². The molecule has 0 aliphatic heterocycles. The summed E-state index contributed by atoms with van der Waals surface area (Å²) in [7, 11) is 1.67. The molecule has 0 aromatic heterocycles. The lowest BCUT2D eigenvalue weighted by Crippen LogP contribution is -2.03. The van der Waals surface area contributed by atoms with Gasteiger partial charge < -0.3 is 4.74 Å². The first-order valence-electron chi connectivity index (χ1n) is 4.68. The smallest absolute Gasteiger partial charge is 0.0996 e. The van der Waals surface area contributed by atoms with Crippen LogP contribution in [0, 0.1) is 0 Å². The van der Waals surface area contributed by atoms with Crippen molar-refractivity contribution in [3.05, 3.63) is 35.9 Å². The highest BCUT2D eigenvalue weighted by Crippen LogP contribution is 2.26. The maximum atomic E-state index is 5.07. The molecule has 1 nitrogen and oxygen atoms in total. The van der Waals surface area contributed by atoms with Gasteiger partial charge in [0.2, 0.25) is 0 Å². The normalized spacial score (nSPS) is 15.1. The van der Waals surface area contributed by atoms with E-state index in [1.54, 1.807) is 7.11 Å². The van der Waals surface area contributed by atoms with Crippen LogP contribution >= 0.6 is 25.3 Å². The minimum absolute atomic E-state index is 0.0216. The van der Waals surface area contributed by atoms with Crippen molar-refractivity contribution in [2.45, 2.75) is 23.5 Å². The van der Waals surface area contributed by atoms with Crippen LogP contribution in [0.4, 0.5) is 0 Å². The molecule has 3 heteroatoms. The summed E-state index contributed by atoms with van der Waals surface area (Å²) in [5.74, 6) is 0. The van der Waals surface area contributed by atoms with Gasteiger partial charge in [-0.15, -0.1) is 12.6 Å². The molecule has 0 spiro atoms. The van der Waals surface area contributed by atoms with Gasteiger partial charge in [-0.25, -0.2) is 0 Å². The number of methoxy groups -OCH3 is 1. The molecule has 14 heavy (non-hydrogen) atoms. The summed E-state index contributed by atoms with van der Waals surface area (Å²) < 4.78 is 5.07. The van der Waals surface area contributed by atoms with E-state index in [2.05, 4.69) is 37.4 Å². The molecule has 0 bridgehead atoms. The van der Waals surface area contributed by atoms with Crippen molar-refractivity contribution in [3.63, 3.8) is 0 Å². The van der Waals surface area contributed by atoms with Gasteiger partial charge in [-0.05, 0) is 18.4 Å². The van der Waals surface area contributed by atoms with Crippen LogP contribution in [0.3, 0.4) is 0 Å². The number of benzene rings is 1. The van der Waals surface area contributed by atoms with E-state index in [4.69, 9.17) is 4.74 Å². The molecule has 0 aliphatic rings. The highest BCUT2D eigenvalue weighted by atomic mass is 32.1. The lowest BCUT2D eigenvalue weighted by Gasteiger charge is -2.13. The molecule has 0 saturated carbocycles. The van der Waals surface area contributed by atoms with Crippen LogP contribution in [0.1, 0.15) is 23.7 Å². The first kappa shape index (κ1) is 12.0. The summed E-state index contributed by atoms with van der Waals surface area (Å²) in [4.78, 5) is 0. The van der Waals surface area contributed by atoms with Crippen LogP contribution in [0.25, 0.3) is 0 Å². The van der Waals surface area contributed by atoms with Crippen molar-refractivity contribution in [2.24, 2.45) is 0 Å². The molecule has 0 saturated heterocycles. The van der Waals surface area contributed by atoms with E-state index in [1.165, 1.54) is 5.56 Å². The van der Waals surface area contributed by atoms with Crippen molar-refractivity contribution in [1.29, 1.82) is 0 Å². The monoisotopic (exact) mass is 228 g/mol. The minimum Gasteiger partial charge on any atom is -0.371 e. The molecule has 0 radical (unpaired) electrons. The second-order valence-electron chi connectivity index (χ2n) is 3.19. The van der Waals surface area contributed by atoms with Crippen LogP contribution in [-0.4, -0.2) is 12.5 Å². The first-order valence-corrected chi connectivity index (χ1v) is 5.71. The fraction of sp³-hybridized carbons (Fsp3) is 0.455. The highest BCUT2D eigenvalue weighted by molar-refractivity contribution is 7.81. The van der Waals surface area contributed by atoms with Gasteiger partial charge in [-0.3, -0.25) is 0 Å². The Morgan fingerprint density at radius 3 is 2.36 bits per heavy atom. The first-order chi connectivity index (χ1) is 6.74. The highest BCUT2D eigenvalue weighted by Gasteiger charge is 2.08. The van der Waals surface area contributed by atoms with Gasteiger partial charge in [0.15, 0.2) is 0 Å². The Morgan fingerprint density at radius 2 is 1.79 bits per heavy atom. The zero-order valence-corrected chi connectivity index (χ0v) is 10.0. The average Bonchev–Trinajstić information content (AvgIpc) is 2.26. The van der Waals surface area contributed by atoms with Gasteiger partial charge >= 0.3 is 0 Å². The lowest BCUT2D eigenvalue weighted by molar-refractivity contribution is 0.165. The van der Waals surface area contributed by atoms with Gasteiger partial charge in [0.25, 0.3) is 0 Å². The lowest BCUT2D eigenvalue weighted by atomic mass is 10.1. The summed E-state index contributed by atoms with van der Waals surface area (Å²) in [5, 5.41) is 0.279. The summed E-state index contributed by atoms with van der Waals surface area (Å²) in [5.41, 5.74) is 1.28. The van der Waals surface area contributed by atoms with Crippen LogP contribution < -0.4 is 0 Å². The molecule has 1 aromatic carbocycles. The topological polar surface area (TPSA) is 9.23 Å². The van der Waals surface area contributed by atoms with Crippen LogP contribution in [0.2, 0.25) is 0 Å². The summed E-state index contributed by atoms with van der Waals surface area (Å²) in [6.45, 7) is 0. The molecule has 1 rings (SSSR count). The van der Waals surface area contributed by atoms with Gasteiger partial charge in [-0.1, -0.05) is 30.3 Å². The van der Waals surface area contributed by atoms with E-state index in [1.807, 2.05) is 18.2 Å². The van der Waals surface area contributed by atoms with Crippen LogP contribution in [-0.2, 0) is 4.74 Å². The van der Waals surface area contributed by atoms with Crippen LogP contribution in [0.5, 0.6) is 0 Å². The third kappa shape index (κ3) is 3.95. The van der Waals surface area contributed by atoms with E-state index >= 15 is 0 Å². The number of ether oxygens (including phenoxy) is 1. The second-order valence-corrected chi connectivity index (χ2v) is 4.39. The third-order valence-corrected chi connectivity index (χ3v) is 3.17. The SMILES string of the molecule is COC(S)CCC(S)c1ccccc1. The molecule has 0 N–H and O–H groups in total. The molecule has 2 unspecified atom stereocenters. The van der Waals surface area contributed by atoms with E-state index in [0.717, 1.165) is 12.8 Å². The Labute approximate surface area is 96.7 Å². The van der Waals surface area contributed by atoms with Crippen LogP contribution in [0.15, 0.2) is 30.3 Å². The Bertz CT molecular complexity index is 251. The Kier molecular flexibility index (Phi) is 5.45. The maximum absolute atomic E-state index is 5.07. The molecule has 78 valence electrons. The number of hydrogen-bond donors (Lipinski definition) is 2. The predicted molar refractivity (Wildman–Crippen MR) is 67.2 cm³/mol. The molecule has 0 heterocycles. The third-order valence-electron chi connectivity index (χ3n) is 2.14. The molecule has 0 aliphatic carbocycles. The molecule has 2 atom stereocenters. The average molecular weight is 228 g/mol. The summed E-state index contributed by atoms with van der Waals surface area (Å²) in [6, 6.07) is 10.3. The Morgan fingerprint density at radius 1 is 1.14 bits per heavy atom. The number of rotatable bonds is 5. The van der Waals surface area contributed by atoms with Gasteiger partial charge in [0.1, 0.15) is 0 Å². The fourth-order valence-electron chi connectivity index (χ4n) is 1.26. The largest absolute Gasteiger partial charge is 0.371 e. The molecule has 1 aromatic rings. The number of thiol groups is 2. The fourth-order valence-corrected chi connectivity index (χ4v) is 1.73. The van der Waals surface area contributed by atoms with Crippen molar-refractivity contribution in [3.8, 4) is 0 Å². The molecule has 0 amide bonds. The van der Waals surface area contributed by atoms with Crippen molar-refractivity contribution >= 4 is 25.3 Å². The van der Waals surface area contributed by atoms with Gasteiger partial charge in [0.05, 0.1) is 5.44 Å². The summed E-state index contributed by atoms with van der Waals surface area (Å²) in [6.07, 6.45) is 1.90. The molecular formula is C11H16OS2. The zero-order valence-electron chi connectivity index (χ0n) is 8.26. The maximum Gasteiger partial charge on any atom is 0.0996 e. The predicted octanol–water partition coefficient (Wildman–Crippen LogP) is 3.34. The molecular weight excluding hydrogens is 212 g/mol. The second kappa shape index (κ2) is 6.38. The van der Waals surface area contributed by atoms with Crippen molar-refractivity contribution in [2.75, 3.05) is 7.11 Å². The van der Waals surface area contributed by atoms with E-state index in [-0.39, 0.29) is 10.7 Å². The Balaban J connectivity index is 2.39. The standard InChI is InChI=1S/C11H16OS2/c1-12-11(14)8-7-10(13)9-5-3-2-4-6-9/h2-6,10-11,13-14H,7-8H2,1H3. The molecule has 0 fully saturated rings.